The molecule has 1 aromatic heterocycles. The smallest absolute Gasteiger partial charge is 0.308 e. The lowest BCUT2D eigenvalue weighted by Crippen LogP contribution is -2.38. The molecule has 0 atom stereocenters. The van der Waals surface area contributed by atoms with Gasteiger partial charge in [0.2, 0.25) is 5.91 Å². The summed E-state index contributed by atoms with van der Waals surface area (Å²) in [6.45, 7) is 5.11. The summed E-state index contributed by atoms with van der Waals surface area (Å²) in [6, 6.07) is 6.22. The first-order valence-electron chi connectivity index (χ1n) is 12.1. The van der Waals surface area contributed by atoms with Crippen LogP contribution in [0.25, 0.3) is 0 Å². The van der Waals surface area contributed by atoms with Crippen LogP contribution in [-0.2, 0) is 33.8 Å². The fraction of sp³-hybridized carbons (Fsp3) is 0.538. The van der Waals surface area contributed by atoms with E-state index in [0.29, 0.717) is 44.8 Å². The van der Waals surface area contributed by atoms with Crippen LogP contribution in [0.5, 0.6) is 0 Å². The maximum absolute atomic E-state index is 13.3. The molecule has 7 nitrogen and oxygen atoms in total. The molecule has 1 amide bonds. The number of fused-ring (bicyclic) bond motifs is 1. The van der Waals surface area contributed by atoms with Gasteiger partial charge in [-0.25, -0.2) is 4.39 Å². The molecule has 0 saturated heterocycles. The van der Waals surface area contributed by atoms with Gasteiger partial charge in [0.05, 0.1) is 31.3 Å². The fourth-order valence-corrected chi connectivity index (χ4v) is 5.11. The number of ether oxygens (including phenoxy) is 1. The molecule has 8 heteroatoms. The molecule has 1 aliphatic carbocycles. The highest BCUT2D eigenvalue weighted by Gasteiger charge is 2.32. The molecule has 2 aromatic rings. The van der Waals surface area contributed by atoms with Gasteiger partial charge in [0, 0.05) is 25.5 Å². The summed E-state index contributed by atoms with van der Waals surface area (Å²) in [4.78, 5) is 39.1. The number of carbonyl (C=O) groups excluding carboxylic acids is 3. The number of esters is 1. The number of hydrogen-bond donors (Lipinski definition) is 0. The second kappa shape index (κ2) is 10.5. The van der Waals surface area contributed by atoms with Crippen LogP contribution in [0.15, 0.2) is 24.3 Å². The van der Waals surface area contributed by atoms with Crippen LogP contribution in [-0.4, -0.2) is 45.5 Å². The van der Waals surface area contributed by atoms with E-state index in [1.54, 1.807) is 16.8 Å². The molecule has 2 heterocycles. The molecule has 4 rings (SSSR count). The van der Waals surface area contributed by atoms with E-state index in [2.05, 4.69) is 5.10 Å². The lowest BCUT2D eigenvalue weighted by Gasteiger charge is -2.31. The summed E-state index contributed by atoms with van der Waals surface area (Å²) < 4.78 is 20.2. The van der Waals surface area contributed by atoms with Crippen LogP contribution in [0.2, 0.25) is 0 Å². The molecule has 34 heavy (non-hydrogen) atoms. The third-order valence-corrected chi connectivity index (χ3v) is 7.00. The summed E-state index contributed by atoms with van der Waals surface area (Å²) in [5, 5.41) is 4.55. The van der Waals surface area contributed by atoms with E-state index < -0.39 is 0 Å². The fourth-order valence-electron chi connectivity index (χ4n) is 5.11. The number of Topliss-reactive ketones (excluding diaryl/α,β-unsaturated/α-hetero) is 1. The van der Waals surface area contributed by atoms with Crippen molar-refractivity contribution in [3.05, 3.63) is 52.6 Å². The maximum Gasteiger partial charge on any atom is 0.308 e. The van der Waals surface area contributed by atoms with Gasteiger partial charge in [-0.05, 0) is 62.6 Å². The highest BCUT2D eigenvalue weighted by atomic mass is 19.1. The highest BCUT2D eigenvalue weighted by Crippen LogP contribution is 2.33. The Morgan fingerprint density at radius 1 is 1.12 bits per heavy atom. The number of amides is 1. The van der Waals surface area contributed by atoms with E-state index >= 15 is 0 Å². The Hall–Kier alpha value is -3.03. The topological polar surface area (TPSA) is 81.5 Å². The maximum atomic E-state index is 13.3. The van der Waals surface area contributed by atoms with Gasteiger partial charge in [0.1, 0.15) is 11.5 Å². The monoisotopic (exact) mass is 469 g/mol. The van der Waals surface area contributed by atoms with E-state index in [4.69, 9.17) is 4.74 Å². The molecule has 0 N–H and O–H groups in total. The van der Waals surface area contributed by atoms with Gasteiger partial charge >= 0.3 is 5.97 Å². The molecule has 0 spiro atoms. The molecule has 1 saturated carbocycles. The zero-order valence-corrected chi connectivity index (χ0v) is 19.9. The number of benzene rings is 1. The van der Waals surface area contributed by atoms with Gasteiger partial charge in [-0.2, -0.15) is 5.10 Å². The number of halogens is 1. The minimum atomic E-state index is -0.302. The van der Waals surface area contributed by atoms with Crippen molar-refractivity contribution in [2.45, 2.75) is 65.5 Å². The van der Waals surface area contributed by atoms with Crippen molar-refractivity contribution in [3.63, 3.8) is 0 Å². The molecular formula is C26H32FN3O4. The third kappa shape index (κ3) is 5.37. The van der Waals surface area contributed by atoms with E-state index in [0.717, 1.165) is 42.5 Å². The SMILES string of the molecule is CCOC(=O)C1CCC(CC(=O)N2CCc3c(C(C)=O)nn(Cc4ccc(F)cc4)c3C2)CC1. The van der Waals surface area contributed by atoms with Crippen LogP contribution in [0.4, 0.5) is 4.39 Å². The molecule has 1 aromatic carbocycles. The number of hydrogen-bond acceptors (Lipinski definition) is 5. The van der Waals surface area contributed by atoms with Crippen LogP contribution >= 0.6 is 0 Å². The summed E-state index contributed by atoms with van der Waals surface area (Å²) in [5.74, 6) is -0.183. The summed E-state index contributed by atoms with van der Waals surface area (Å²) in [7, 11) is 0. The van der Waals surface area contributed by atoms with Crippen molar-refractivity contribution >= 4 is 17.7 Å². The first-order valence-corrected chi connectivity index (χ1v) is 12.1. The Bertz CT molecular complexity index is 1050. The van der Waals surface area contributed by atoms with Crippen molar-refractivity contribution in [2.75, 3.05) is 13.2 Å². The minimum absolute atomic E-state index is 0.0466. The van der Waals surface area contributed by atoms with Crippen molar-refractivity contribution in [3.8, 4) is 0 Å². The second-order valence-electron chi connectivity index (χ2n) is 9.35. The van der Waals surface area contributed by atoms with E-state index in [-0.39, 0.29) is 35.3 Å². The van der Waals surface area contributed by atoms with Crippen LogP contribution < -0.4 is 0 Å². The number of rotatable bonds is 7. The predicted molar refractivity (Wildman–Crippen MR) is 124 cm³/mol. The molecule has 182 valence electrons. The summed E-state index contributed by atoms with van der Waals surface area (Å²) >= 11 is 0. The quantitative estimate of drug-likeness (QED) is 0.454. The molecular weight excluding hydrogens is 437 g/mol. The number of aromatic nitrogens is 2. The Morgan fingerprint density at radius 3 is 2.47 bits per heavy atom. The van der Waals surface area contributed by atoms with Gasteiger partial charge in [0.15, 0.2) is 5.78 Å². The molecule has 0 bridgehead atoms. The summed E-state index contributed by atoms with van der Waals surface area (Å²) in [6.07, 6.45) is 4.31. The van der Waals surface area contributed by atoms with E-state index in [1.165, 1.54) is 19.1 Å². The first kappa shape index (κ1) is 24.1. The van der Waals surface area contributed by atoms with Crippen LogP contribution in [0.1, 0.15) is 73.3 Å². The molecule has 0 radical (unpaired) electrons. The van der Waals surface area contributed by atoms with Crippen molar-refractivity contribution < 1.29 is 23.5 Å². The van der Waals surface area contributed by atoms with Gasteiger partial charge in [0.25, 0.3) is 0 Å². The third-order valence-electron chi connectivity index (χ3n) is 7.00. The average Bonchev–Trinajstić information content (AvgIpc) is 3.19. The van der Waals surface area contributed by atoms with Gasteiger partial charge in [-0.15, -0.1) is 0 Å². The predicted octanol–water partition coefficient (Wildman–Crippen LogP) is 3.92. The van der Waals surface area contributed by atoms with Crippen molar-refractivity contribution in [1.29, 1.82) is 0 Å². The van der Waals surface area contributed by atoms with E-state index in [9.17, 15) is 18.8 Å². The standard InChI is InChI=1S/C26H32FN3O4/c1-3-34-26(33)20-8-4-18(5-9-20)14-24(32)29-13-12-22-23(16-29)30(28-25(22)17(2)31)15-19-6-10-21(27)11-7-19/h6-7,10-11,18,20H,3-5,8-9,12-16H2,1-2H3. The Morgan fingerprint density at radius 2 is 1.82 bits per heavy atom. The molecule has 0 unspecified atom stereocenters. The minimum Gasteiger partial charge on any atom is -0.466 e. The van der Waals surface area contributed by atoms with Crippen molar-refractivity contribution in [1.82, 2.24) is 14.7 Å². The average molecular weight is 470 g/mol. The van der Waals surface area contributed by atoms with Crippen molar-refractivity contribution in [2.24, 2.45) is 11.8 Å². The van der Waals surface area contributed by atoms with E-state index in [1.807, 2.05) is 11.8 Å². The molecule has 1 aliphatic heterocycles. The van der Waals surface area contributed by atoms with Crippen LogP contribution in [0, 0.1) is 17.7 Å². The van der Waals surface area contributed by atoms with Gasteiger partial charge in [-0.3, -0.25) is 19.1 Å². The van der Waals surface area contributed by atoms with Crippen LogP contribution in [0.3, 0.4) is 0 Å². The highest BCUT2D eigenvalue weighted by molar-refractivity contribution is 5.94. The summed E-state index contributed by atoms with van der Waals surface area (Å²) in [5.41, 5.74) is 3.12. The normalized spacial score (nSPS) is 20.0. The Kier molecular flexibility index (Phi) is 7.44. The van der Waals surface area contributed by atoms with Gasteiger partial charge in [-0.1, -0.05) is 12.1 Å². The molecule has 2 aliphatic rings. The zero-order chi connectivity index (χ0) is 24.2. The number of ketones is 1. The Labute approximate surface area is 199 Å². The Balaban J connectivity index is 1.42. The zero-order valence-electron chi connectivity index (χ0n) is 19.9. The second-order valence-corrected chi connectivity index (χ2v) is 9.35. The lowest BCUT2D eigenvalue weighted by molar-refractivity contribution is -0.149. The lowest BCUT2D eigenvalue weighted by atomic mass is 9.80. The first-order chi connectivity index (χ1) is 16.4. The molecule has 1 fully saturated rings. The number of carbonyl (C=O) groups is 3. The largest absolute Gasteiger partial charge is 0.466 e. The number of nitrogens with zero attached hydrogens (tertiary/aromatic N) is 3. The van der Waals surface area contributed by atoms with Gasteiger partial charge < -0.3 is 9.64 Å².